The van der Waals surface area contributed by atoms with Crippen molar-refractivity contribution in [2.24, 2.45) is 11.8 Å². The first-order chi connectivity index (χ1) is 32.6. The fourth-order valence-electron chi connectivity index (χ4n) is 9.74. The minimum Gasteiger partial charge on any atom is -0.508 e. The minimum absolute atomic E-state index is 0.0199. The predicted molar refractivity (Wildman–Crippen MR) is 286 cm³/mol. The Morgan fingerprint density at radius 2 is 0.700 bits per heavy atom. The van der Waals surface area contributed by atoms with Crippen molar-refractivity contribution in [3.05, 3.63) is 117 Å². The smallest absolute Gasteiger partial charge is 0.306 e. The van der Waals surface area contributed by atoms with Gasteiger partial charge < -0.3 is 29.9 Å². The van der Waals surface area contributed by atoms with Crippen molar-refractivity contribution < 1.29 is 39.5 Å². The molecular weight excluding hydrogens is 873 g/mol. The number of ether oxygens (including phenoxy) is 2. The second-order valence-electron chi connectivity index (χ2n) is 24.3. The van der Waals surface area contributed by atoms with Crippen LogP contribution in [0.25, 0.3) is 0 Å². The predicted octanol–water partition coefficient (Wildman–Crippen LogP) is 15.0. The molecule has 70 heavy (non-hydrogen) atoms. The number of rotatable bonds is 23. The van der Waals surface area contributed by atoms with Gasteiger partial charge in [-0.25, -0.2) is 0 Å². The number of phenols is 4. The number of carbonyl (C=O) groups excluding carboxylic acids is 2. The van der Waals surface area contributed by atoms with Gasteiger partial charge in [0.25, 0.3) is 0 Å². The van der Waals surface area contributed by atoms with Crippen LogP contribution in [0.1, 0.15) is 206 Å². The molecule has 4 unspecified atom stereocenters. The van der Waals surface area contributed by atoms with E-state index in [1.165, 1.54) is 0 Å². The normalized spacial score (nSPS) is 14.2. The van der Waals surface area contributed by atoms with Crippen molar-refractivity contribution >= 4 is 11.9 Å². The number of hydrogen-bond acceptors (Lipinski definition) is 8. The molecule has 8 heteroatoms. The van der Waals surface area contributed by atoms with E-state index in [1.807, 2.05) is 24.3 Å². The van der Waals surface area contributed by atoms with Crippen LogP contribution in [0.2, 0.25) is 0 Å². The summed E-state index contributed by atoms with van der Waals surface area (Å²) in [5.74, 6) is 0.131. The summed E-state index contributed by atoms with van der Waals surface area (Å²) in [7, 11) is 0. The molecule has 0 aromatic heterocycles. The lowest BCUT2D eigenvalue weighted by atomic mass is 9.82. The zero-order valence-electron chi connectivity index (χ0n) is 45.6. The molecule has 4 aromatic rings. The first kappa shape index (κ1) is 57.6. The van der Waals surface area contributed by atoms with E-state index in [-0.39, 0.29) is 69.3 Å². The van der Waals surface area contributed by atoms with E-state index in [2.05, 4.69) is 121 Å². The first-order valence-corrected chi connectivity index (χ1v) is 26.3. The minimum atomic E-state index is -0.452. The van der Waals surface area contributed by atoms with E-state index in [9.17, 15) is 30.0 Å². The molecule has 4 N–H and O–H groups in total. The van der Waals surface area contributed by atoms with Crippen molar-refractivity contribution in [1.29, 1.82) is 0 Å². The van der Waals surface area contributed by atoms with Crippen LogP contribution in [0.4, 0.5) is 0 Å². The van der Waals surface area contributed by atoms with Gasteiger partial charge >= 0.3 is 11.9 Å². The molecule has 4 aromatic carbocycles. The average Bonchev–Trinajstić information content (AvgIpc) is 3.26. The molecule has 0 saturated heterocycles. The second-order valence-corrected chi connectivity index (χ2v) is 24.3. The topological polar surface area (TPSA) is 134 Å². The summed E-state index contributed by atoms with van der Waals surface area (Å²) in [4.78, 5) is 28.2. The number of aromatic hydroxyl groups is 4. The van der Waals surface area contributed by atoms with E-state index in [1.54, 1.807) is 24.3 Å². The molecule has 0 aliphatic rings. The number of benzene rings is 4. The molecule has 0 saturated carbocycles. The number of aryl methyl sites for hydroxylation is 2. The van der Waals surface area contributed by atoms with Crippen LogP contribution in [0.3, 0.4) is 0 Å². The molecule has 8 nitrogen and oxygen atoms in total. The average molecular weight is 963 g/mol. The largest absolute Gasteiger partial charge is 0.508 e. The Labute approximate surface area is 422 Å². The molecule has 0 aliphatic heterocycles. The number of carbonyl (C=O) groups is 2. The Morgan fingerprint density at radius 3 is 0.971 bits per heavy atom. The summed E-state index contributed by atoms with van der Waals surface area (Å²) in [5.41, 5.74) is 6.67. The Morgan fingerprint density at radius 1 is 0.429 bits per heavy atom. The standard InChI is InChI=1S/C62H90O8/c1-15-17-19-45(35-43-23-29-53(65)49(39-43)61(9,10)11)55(31-25-41-21-27-51(63)47(37-41)59(3,4)5)69-57(67)33-34-58(68)70-56(32-26-42-22-28-52(64)48(38-42)60(6,7)8)46(20-18-16-2)36-44-24-30-54(66)50(40-44)62(12,13)14/h21-24,27-30,37-40,45-46,55-56,63-66H,15-20,25-26,31-36H2,1-14H3. The zero-order valence-corrected chi connectivity index (χ0v) is 45.6. The van der Waals surface area contributed by atoms with E-state index in [0.717, 1.165) is 83.0 Å². The summed E-state index contributed by atoms with van der Waals surface area (Å²) < 4.78 is 13.0. The van der Waals surface area contributed by atoms with Gasteiger partial charge in [0.2, 0.25) is 0 Å². The van der Waals surface area contributed by atoms with Crippen LogP contribution in [0.15, 0.2) is 72.8 Å². The third-order valence-electron chi connectivity index (χ3n) is 13.9. The monoisotopic (exact) mass is 963 g/mol. The van der Waals surface area contributed by atoms with Gasteiger partial charge in [-0.05, 0) is 154 Å². The third-order valence-corrected chi connectivity index (χ3v) is 13.9. The van der Waals surface area contributed by atoms with Crippen LogP contribution < -0.4 is 0 Å². The fourth-order valence-corrected chi connectivity index (χ4v) is 9.74. The van der Waals surface area contributed by atoms with Gasteiger partial charge in [-0.15, -0.1) is 0 Å². The van der Waals surface area contributed by atoms with Gasteiger partial charge in [0.1, 0.15) is 35.2 Å². The summed E-state index contributed by atoms with van der Waals surface area (Å²) >= 11 is 0. The van der Waals surface area contributed by atoms with Crippen molar-refractivity contribution in [2.45, 2.75) is 221 Å². The van der Waals surface area contributed by atoms with Gasteiger partial charge in [-0.1, -0.05) is 171 Å². The maximum atomic E-state index is 14.1. The highest BCUT2D eigenvalue weighted by molar-refractivity contribution is 5.78. The molecule has 0 aliphatic carbocycles. The van der Waals surface area contributed by atoms with E-state index < -0.39 is 24.1 Å². The highest BCUT2D eigenvalue weighted by Gasteiger charge is 2.31. The Kier molecular flexibility index (Phi) is 20.5. The lowest BCUT2D eigenvalue weighted by Gasteiger charge is -2.29. The van der Waals surface area contributed by atoms with Crippen molar-refractivity contribution in [1.82, 2.24) is 0 Å². The van der Waals surface area contributed by atoms with E-state index in [0.29, 0.717) is 38.5 Å². The maximum absolute atomic E-state index is 14.1. The van der Waals surface area contributed by atoms with Gasteiger partial charge in [-0.2, -0.15) is 0 Å². The Hall–Kier alpha value is -4.98. The summed E-state index contributed by atoms with van der Waals surface area (Å²) in [6, 6.07) is 23.1. The number of hydrogen-bond donors (Lipinski definition) is 4. The van der Waals surface area contributed by atoms with Crippen LogP contribution in [-0.2, 0) is 66.4 Å². The molecule has 0 radical (unpaired) electrons. The molecule has 4 atom stereocenters. The van der Waals surface area contributed by atoms with E-state index in [4.69, 9.17) is 9.47 Å². The Bertz CT molecular complexity index is 2150. The summed E-state index contributed by atoms with van der Waals surface area (Å²) in [5, 5.41) is 43.1. The third kappa shape index (κ3) is 17.4. The van der Waals surface area contributed by atoms with Crippen LogP contribution in [0, 0.1) is 11.8 Å². The molecule has 4 rings (SSSR count). The van der Waals surface area contributed by atoms with Crippen LogP contribution >= 0.6 is 0 Å². The molecule has 0 amide bonds. The number of phenolic OH excluding ortho intramolecular Hbond substituents is 4. The molecule has 386 valence electrons. The molecule has 0 bridgehead atoms. The lowest BCUT2D eigenvalue weighted by Crippen LogP contribution is -2.31. The van der Waals surface area contributed by atoms with Crippen LogP contribution in [-0.4, -0.2) is 44.6 Å². The molecular formula is C62H90O8. The quantitative estimate of drug-likeness (QED) is 0.0540. The van der Waals surface area contributed by atoms with Crippen molar-refractivity contribution in [3.63, 3.8) is 0 Å². The zero-order chi connectivity index (χ0) is 52.2. The molecule has 0 fully saturated rings. The van der Waals surface area contributed by atoms with Gasteiger partial charge in [-0.3, -0.25) is 9.59 Å². The van der Waals surface area contributed by atoms with Crippen LogP contribution in [0.5, 0.6) is 23.0 Å². The van der Waals surface area contributed by atoms with E-state index >= 15 is 0 Å². The number of esters is 2. The highest BCUT2D eigenvalue weighted by Crippen LogP contribution is 2.37. The van der Waals surface area contributed by atoms with Crippen molar-refractivity contribution in [2.75, 3.05) is 0 Å². The highest BCUT2D eigenvalue weighted by atomic mass is 16.6. The molecule has 0 spiro atoms. The lowest BCUT2D eigenvalue weighted by molar-refractivity contribution is -0.159. The van der Waals surface area contributed by atoms with Crippen molar-refractivity contribution in [3.8, 4) is 23.0 Å². The van der Waals surface area contributed by atoms with Gasteiger partial charge in [0.05, 0.1) is 12.8 Å². The second kappa shape index (κ2) is 24.9. The number of unbranched alkanes of at least 4 members (excludes halogenated alkanes) is 2. The summed E-state index contributed by atoms with van der Waals surface area (Å²) in [6.07, 6.45) is 8.08. The molecule has 0 heterocycles. The van der Waals surface area contributed by atoms with Gasteiger partial charge in [0, 0.05) is 0 Å². The first-order valence-electron chi connectivity index (χ1n) is 26.3. The SMILES string of the molecule is CCCCC(Cc1ccc(O)c(C(C)(C)C)c1)C(CCc1ccc(O)c(C(C)(C)C)c1)OC(=O)CCC(=O)OC(CCc1ccc(O)c(C(C)(C)C)c1)C(CCCC)Cc1ccc(O)c(C(C)(C)C)c1. The Balaban J connectivity index is 1.63. The maximum Gasteiger partial charge on any atom is 0.306 e. The van der Waals surface area contributed by atoms with Gasteiger partial charge in [0.15, 0.2) is 0 Å². The summed E-state index contributed by atoms with van der Waals surface area (Å²) in [6.45, 7) is 29.3. The fraction of sp³-hybridized carbons (Fsp3) is 0.581.